The van der Waals surface area contributed by atoms with Gasteiger partial charge in [-0.3, -0.25) is 0 Å². The van der Waals surface area contributed by atoms with Gasteiger partial charge in [0.2, 0.25) is 0 Å². The van der Waals surface area contributed by atoms with Crippen LogP contribution in [0.15, 0.2) is 11.8 Å². The third-order valence-electron chi connectivity index (χ3n) is 1.19. The molecule has 0 heterocycles. The maximum atomic E-state index is 5.24. The molecule has 0 atom stereocenters. The van der Waals surface area contributed by atoms with Crippen LogP contribution in [0.2, 0.25) is 6.04 Å². The smallest absolute Gasteiger partial charge is 0.305 e. The van der Waals surface area contributed by atoms with Crippen LogP contribution in [0.4, 0.5) is 0 Å². The van der Waals surface area contributed by atoms with Gasteiger partial charge in [-0.15, -0.1) is 12.1 Å². The van der Waals surface area contributed by atoms with Crippen LogP contribution < -0.4 is 0 Å². The van der Waals surface area contributed by atoms with Crippen molar-refractivity contribution in [2.24, 2.45) is 0 Å². The highest BCUT2D eigenvalue weighted by atomic mass is 28.3. The summed E-state index contributed by atoms with van der Waals surface area (Å²) in [5.41, 5.74) is 2.26. The molecule has 0 fully saturated rings. The fraction of sp³-hybridized carbons (Fsp3) is 0.500. The predicted octanol–water partition coefficient (Wildman–Crippen LogP) is -0.228. The third kappa shape index (κ3) is 9.65. The van der Waals surface area contributed by atoms with Gasteiger partial charge in [-0.05, 0) is 0 Å². The lowest BCUT2D eigenvalue weighted by atomic mass is 10.7. The number of rotatable bonds is 7. The van der Waals surface area contributed by atoms with Crippen molar-refractivity contribution in [3.8, 4) is 12.3 Å². The average molecular weight is 200 g/mol. The SMILES string of the molecule is C#CCO[SiH2]OCC=C[SiH2]CC. The first-order valence-corrected chi connectivity index (χ1v) is 7.13. The molecule has 12 heavy (non-hydrogen) atoms. The van der Waals surface area contributed by atoms with Crippen LogP contribution >= 0.6 is 0 Å². The maximum absolute atomic E-state index is 5.24. The van der Waals surface area contributed by atoms with E-state index in [1.807, 2.05) is 0 Å². The van der Waals surface area contributed by atoms with Crippen LogP contribution in [-0.2, 0) is 8.85 Å². The van der Waals surface area contributed by atoms with Gasteiger partial charge in [-0.2, -0.15) is 0 Å². The molecule has 0 rings (SSSR count). The average Bonchev–Trinajstić information content (AvgIpc) is 2.10. The minimum absolute atomic E-state index is 0.0596. The minimum Gasteiger partial charge on any atom is -0.395 e. The lowest BCUT2D eigenvalue weighted by Crippen LogP contribution is -2.04. The van der Waals surface area contributed by atoms with Gasteiger partial charge in [0.1, 0.15) is 0 Å². The molecule has 0 saturated heterocycles. The fourth-order valence-corrected chi connectivity index (χ4v) is 1.88. The topological polar surface area (TPSA) is 18.5 Å². The van der Waals surface area contributed by atoms with Gasteiger partial charge in [-0.25, -0.2) is 0 Å². The van der Waals surface area contributed by atoms with E-state index in [4.69, 9.17) is 15.3 Å². The van der Waals surface area contributed by atoms with E-state index in [9.17, 15) is 0 Å². The monoisotopic (exact) mass is 200 g/mol. The molecular formula is C8H16O2Si2. The Labute approximate surface area is 79.2 Å². The lowest BCUT2D eigenvalue weighted by Gasteiger charge is -1.98. The van der Waals surface area contributed by atoms with Crippen molar-refractivity contribution >= 4 is 19.5 Å². The zero-order valence-corrected chi connectivity index (χ0v) is 10.4. The Bertz CT molecular complexity index is 152. The van der Waals surface area contributed by atoms with Gasteiger partial charge in [0.25, 0.3) is 0 Å². The minimum atomic E-state index is -0.812. The summed E-state index contributed by atoms with van der Waals surface area (Å²) in [5, 5.41) is 0. The first-order valence-electron chi connectivity index (χ1n) is 4.15. The van der Waals surface area contributed by atoms with Crippen LogP contribution in [0.25, 0.3) is 0 Å². The van der Waals surface area contributed by atoms with E-state index in [0.717, 1.165) is 0 Å². The fourth-order valence-electron chi connectivity index (χ4n) is 0.628. The zero-order chi connectivity index (χ0) is 9.07. The highest BCUT2D eigenvalue weighted by Gasteiger charge is 1.84. The lowest BCUT2D eigenvalue weighted by molar-refractivity contribution is 0.264. The van der Waals surface area contributed by atoms with Gasteiger partial charge in [0, 0.05) is 9.52 Å². The van der Waals surface area contributed by atoms with E-state index >= 15 is 0 Å². The van der Waals surface area contributed by atoms with Crippen molar-refractivity contribution in [1.29, 1.82) is 0 Å². The Morgan fingerprint density at radius 2 is 2.33 bits per heavy atom. The Balaban J connectivity index is 2.96. The largest absolute Gasteiger partial charge is 0.395 e. The van der Waals surface area contributed by atoms with E-state index in [1.54, 1.807) is 0 Å². The summed E-state index contributed by atoms with van der Waals surface area (Å²) < 4.78 is 10.3. The van der Waals surface area contributed by atoms with Crippen LogP contribution in [0, 0.1) is 12.3 Å². The summed E-state index contributed by atoms with van der Waals surface area (Å²) >= 11 is 0. The van der Waals surface area contributed by atoms with Crippen molar-refractivity contribution < 1.29 is 8.85 Å². The molecule has 0 N–H and O–H groups in total. The van der Waals surface area contributed by atoms with Crippen molar-refractivity contribution in [3.63, 3.8) is 0 Å². The molecule has 0 aliphatic heterocycles. The molecule has 0 aliphatic rings. The van der Waals surface area contributed by atoms with E-state index in [0.29, 0.717) is 13.2 Å². The quantitative estimate of drug-likeness (QED) is 0.321. The molecule has 0 bridgehead atoms. The summed E-state index contributed by atoms with van der Waals surface area (Å²) in [7, 11) is -0.753. The molecule has 68 valence electrons. The van der Waals surface area contributed by atoms with Crippen LogP contribution in [0.1, 0.15) is 6.92 Å². The van der Waals surface area contributed by atoms with Gasteiger partial charge < -0.3 is 8.85 Å². The predicted molar refractivity (Wildman–Crippen MR) is 57.4 cm³/mol. The van der Waals surface area contributed by atoms with Crippen LogP contribution in [0.3, 0.4) is 0 Å². The molecule has 0 aromatic carbocycles. The van der Waals surface area contributed by atoms with Gasteiger partial charge >= 0.3 is 10.0 Å². The van der Waals surface area contributed by atoms with Crippen molar-refractivity contribution in [2.75, 3.05) is 13.2 Å². The molecule has 0 amide bonds. The number of hydrogen-bond donors (Lipinski definition) is 0. The molecule has 0 spiro atoms. The normalized spacial score (nSPS) is 12.3. The molecule has 2 nitrogen and oxygen atoms in total. The van der Waals surface area contributed by atoms with Gasteiger partial charge in [0.15, 0.2) is 0 Å². The van der Waals surface area contributed by atoms with Gasteiger partial charge in [0.05, 0.1) is 13.2 Å². The Morgan fingerprint density at radius 3 is 3.00 bits per heavy atom. The first-order chi connectivity index (χ1) is 5.91. The van der Waals surface area contributed by atoms with E-state index in [1.165, 1.54) is 6.04 Å². The Morgan fingerprint density at radius 1 is 1.50 bits per heavy atom. The number of terminal acetylenes is 1. The molecule has 4 heteroatoms. The highest BCUT2D eigenvalue weighted by molar-refractivity contribution is 6.41. The Kier molecular flexibility index (Phi) is 10.3. The molecule has 0 aromatic rings. The summed E-state index contributed by atoms with van der Waals surface area (Å²) in [4.78, 5) is 0. The first kappa shape index (κ1) is 11.7. The number of hydrogen-bond acceptors (Lipinski definition) is 2. The van der Waals surface area contributed by atoms with E-state index in [-0.39, 0.29) is 9.52 Å². The standard InChI is InChI=1S/C8H16O2Si2/c1-3-6-9-12-10-7-5-8-11-4-2/h1,5,8H,4,6-7,11-12H2,2H3. The molecule has 0 saturated carbocycles. The third-order valence-corrected chi connectivity index (χ3v) is 3.21. The summed E-state index contributed by atoms with van der Waals surface area (Å²) in [6.07, 6.45) is 7.08. The van der Waals surface area contributed by atoms with Crippen LogP contribution in [0.5, 0.6) is 0 Å². The second-order valence-electron chi connectivity index (χ2n) is 2.30. The van der Waals surface area contributed by atoms with Crippen molar-refractivity contribution in [1.82, 2.24) is 0 Å². The Hall–Kier alpha value is -0.346. The molecule has 0 radical (unpaired) electrons. The summed E-state index contributed by atoms with van der Waals surface area (Å²) in [6, 6.07) is 1.32. The summed E-state index contributed by atoms with van der Waals surface area (Å²) in [5.74, 6) is 2.40. The zero-order valence-electron chi connectivity index (χ0n) is 7.58. The highest BCUT2D eigenvalue weighted by Crippen LogP contribution is 1.79. The van der Waals surface area contributed by atoms with Crippen molar-refractivity contribution in [3.05, 3.63) is 11.8 Å². The second-order valence-corrected chi connectivity index (χ2v) is 5.40. The van der Waals surface area contributed by atoms with Crippen molar-refractivity contribution in [2.45, 2.75) is 13.0 Å². The van der Waals surface area contributed by atoms with E-state index in [2.05, 4.69) is 24.6 Å². The second kappa shape index (κ2) is 10.7. The summed E-state index contributed by atoms with van der Waals surface area (Å²) in [6.45, 7) is 3.30. The maximum Gasteiger partial charge on any atom is 0.305 e. The molecule has 0 aliphatic carbocycles. The van der Waals surface area contributed by atoms with Crippen LogP contribution in [-0.4, -0.2) is 32.7 Å². The molecule has 0 unspecified atom stereocenters. The molecule has 0 aromatic heterocycles. The molecular weight excluding hydrogens is 184 g/mol. The van der Waals surface area contributed by atoms with E-state index < -0.39 is 10.0 Å². The van der Waals surface area contributed by atoms with Gasteiger partial charge in [-0.1, -0.05) is 25.0 Å².